The van der Waals surface area contributed by atoms with Gasteiger partial charge >= 0.3 is 0 Å². The third kappa shape index (κ3) is 2.91. The topological polar surface area (TPSA) is 9.23 Å². The van der Waals surface area contributed by atoms with Gasteiger partial charge in [0.25, 0.3) is 6.43 Å². The van der Waals surface area contributed by atoms with Crippen LogP contribution in [0.2, 0.25) is 0 Å². The summed E-state index contributed by atoms with van der Waals surface area (Å²) < 4.78 is 30.9. The molecule has 0 amide bonds. The Kier molecular flexibility index (Phi) is 3.24. The third-order valence-electron chi connectivity index (χ3n) is 2.39. The standard InChI is InChI=1S/C11H11BrF2O/c12-10-4-3-8(5-9(10)11(13)14)15-6-7-1-2-7/h3-5,7,11H,1-2,6H2. The fourth-order valence-corrected chi connectivity index (χ4v) is 1.70. The zero-order valence-electron chi connectivity index (χ0n) is 8.05. The van der Waals surface area contributed by atoms with Gasteiger partial charge in [-0.25, -0.2) is 8.78 Å². The van der Waals surface area contributed by atoms with Crippen LogP contribution in [0.1, 0.15) is 24.8 Å². The van der Waals surface area contributed by atoms with Crippen LogP contribution in [0.3, 0.4) is 0 Å². The number of alkyl halides is 2. The fraction of sp³-hybridized carbons (Fsp3) is 0.455. The molecule has 0 aliphatic heterocycles. The van der Waals surface area contributed by atoms with E-state index in [1.807, 2.05) is 0 Å². The first-order valence-electron chi connectivity index (χ1n) is 4.87. The summed E-state index contributed by atoms with van der Waals surface area (Å²) >= 11 is 3.09. The Balaban J connectivity index is 2.06. The minimum atomic E-state index is -2.47. The molecule has 0 unspecified atom stereocenters. The predicted molar refractivity (Wildman–Crippen MR) is 57.3 cm³/mol. The van der Waals surface area contributed by atoms with E-state index in [-0.39, 0.29) is 5.56 Å². The van der Waals surface area contributed by atoms with Crippen molar-refractivity contribution < 1.29 is 13.5 Å². The monoisotopic (exact) mass is 276 g/mol. The maximum atomic E-state index is 12.5. The number of rotatable bonds is 4. The molecule has 0 heterocycles. The Morgan fingerprint density at radius 3 is 2.73 bits per heavy atom. The molecule has 2 rings (SSSR count). The number of halogens is 3. The van der Waals surface area contributed by atoms with Crippen molar-refractivity contribution in [1.29, 1.82) is 0 Å². The molecule has 0 atom stereocenters. The van der Waals surface area contributed by atoms with Crippen LogP contribution in [-0.2, 0) is 0 Å². The molecule has 1 nitrogen and oxygen atoms in total. The Labute approximate surface area is 95.6 Å². The molecule has 0 aromatic heterocycles. The van der Waals surface area contributed by atoms with E-state index >= 15 is 0 Å². The zero-order chi connectivity index (χ0) is 10.8. The minimum Gasteiger partial charge on any atom is -0.493 e. The Morgan fingerprint density at radius 1 is 1.40 bits per heavy atom. The van der Waals surface area contributed by atoms with Gasteiger partial charge in [0.2, 0.25) is 0 Å². The van der Waals surface area contributed by atoms with Gasteiger partial charge in [0.05, 0.1) is 6.61 Å². The van der Waals surface area contributed by atoms with Gasteiger partial charge in [-0.15, -0.1) is 0 Å². The van der Waals surface area contributed by atoms with Crippen molar-refractivity contribution in [1.82, 2.24) is 0 Å². The van der Waals surface area contributed by atoms with Crippen molar-refractivity contribution in [3.05, 3.63) is 28.2 Å². The molecule has 0 N–H and O–H groups in total. The Morgan fingerprint density at radius 2 is 2.13 bits per heavy atom. The van der Waals surface area contributed by atoms with E-state index in [1.165, 1.54) is 18.9 Å². The van der Waals surface area contributed by atoms with E-state index in [1.54, 1.807) is 12.1 Å². The summed E-state index contributed by atoms with van der Waals surface area (Å²) in [5, 5.41) is 0. The van der Waals surface area contributed by atoms with Crippen molar-refractivity contribution in [2.75, 3.05) is 6.61 Å². The molecule has 15 heavy (non-hydrogen) atoms. The van der Waals surface area contributed by atoms with Crippen molar-refractivity contribution >= 4 is 15.9 Å². The van der Waals surface area contributed by atoms with Crippen molar-refractivity contribution in [3.63, 3.8) is 0 Å². The summed E-state index contributed by atoms with van der Waals surface area (Å²) in [6.45, 7) is 0.643. The van der Waals surface area contributed by atoms with Gasteiger partial charge in [-0.1, -0.05) is 15.9 Å². The van der Waals surface area contributed by atoms with Crippen molar-refractivity contribution in [3.8, 4) is 5.75 Å². The van der Waals surface area contributed by atoms with Gasteiger partial charge in [-0.05, 0) is 37.0 Å². The second kappa shape index (κ2) is 4.47. The van der Waals surface area contributed by atoms with E-state index in [9.17, 15) is 8.78 Å². The first-order chi connectivity index (χ1) is 7.16. The molecular formula is C11H11BrF2O. The smallest absolute Gasteiger partial charge is 0.265 e. The molecular weight excluding hydrogens is 266 g/mol. The van der Waals surface area contributed by atoms with E-state index < -0.39 is 6.43 Å². The van der Waals surface area contributed by atoms with Crippen LogP contribution in [0.4, 0.5) is 8.78 Å². The molecule has 1 aromatic carbocycles. The van der Waals surface area contributed by atoms with Crippen molar-refractivity contribution in [2.24, 2.45) is 5.92 Å². The number of hydrogen-bond donors (Lipinski definition) is 0. The fourth-order valence-electron chi connectivity index (χ4n) is 1.28. The molecule has 0 radical (unpaired) electrons. The summed E-state index contributed by atoms with van der Waals surface area (Å²) in [6, 6.07) is 4.71. The summed E-state index contributed by atoms with van der Waals surface area (Å²) in [6.07, 6.45) is -0.0833. The molecule has 1 fully saturated rings. The summed E-state index contributed by atoms with van der Waals surface area (Å²) in [4.78, 5) is 0. The summed E-state index contributed by atoms with van der Waals surface area (Å²) in [7, 11) is 0. The summed E-state index contributed by atoms with van der Waals surface area (Å²) in [5.41, 5.74) is -0.0108. The van der Waals surface area contributed by atoms with Gasteiger partial charge < -0.3 is 4.74 Å². The SMILES string of the molecule is FC(F)c1cc(OCC2CC2)ccc1Br. The molecule has 0 saturated heterocycles. The molecule has 1 aromatic rings. The molecule has 1 saturated carbocycles. The Bertz CT molecular complexity index is 350. The van der Waals surface area contributed by atoms with Gasteiger partial charge in [0.15, 0.2) is 0 Å². The van der Waals surface area contributed by atoms with E-state index in [0.717, 1.165) is 0 Å². The molecule has 0 spiro atoms. The highest BCUT2D eigenvalue weighted by Gasteiger charge is 2.22. The van der Waals surface area contributed by atoms with Crippen LogP contribution in [-0.4, -0.2) is 6.61 Å². The quantitative estimate of drug-likeness (QED) is 0.802. The number of benzene rings is 1. The number of hydrogen-bond acceptors (Lipinski definition) is 1. The van der Waals surface area contributed by atoms with Crippen LogP contribution in [0.25, 0.3) is 0 Å². The largest absolute Gasteiger partial charge is 0.493 e. The average molecular weight is 277 g/mol. The van der Waals surface area contributed by atoms with Crippen LogP contribution in [0.5, 0.6) is 5.75 Å². The van der Waals surface area contributed by atoms with Gasteiger partial charge in [0.1, 0.15) is 5.75 Å². The highest BCUT2D eigenvalue weighted by molar-refractivity contribution is 9.10. The highest BCUT2D eigenvalue weighted by Crippen LogP contribution is 2.33. The van der Waals surface area contributed by atoms with E-state index in [2.05, 4.69) is 15.9 Å². The van der Waals surface area contributed by atoms with Crippen LogP contribution >= 0.6 is 15.9 Å². The summed E-state index contributed by atoms with van der Waals surface area (Å²) in [5.74, 6) is 1.16. The van der Waals surface area contributed by atoms with Crippen molar-refractivity contribution in [2.45, 2.75) is 19.3 Å². The lowest BCUT2D eigenvalue weighted by Gasteiger charge is -2.08. The average Bonchev–Trinajstić information content (AvgIpc) is 3.00. The first-order valence-corrected chi connectivity index (χ1v) is 5.66. The second-order valence-electron chi connectivity index (χ2n) is 3.74. The normalized spacial score (nSPS) is 15.7. The Hall–Kier alpha value is -0.640. The van der Waals surface area contributed by atoms with Crippen LogP contribution in [0, 0.1) is 5.92 Å². The second-order valence-corrected chi connectivity index (χ2v) is 4.59. The van der Waals surface area contributed by atoms with Crippen LogP contribution < -0.4 is 4.74 Å². The van der Waals surface area contributed by atoms with Gasteiger partial charge in [-0.2, -0.15) is 0 Å². The highest BCUT2D eigenvalue weighted by atomic mass is 79.9. The maximum Gasteiger partial charge on any atom is 0.265 e. The molecule has 0 bridgehead atoms. The van der Waals surface area contributed by atoms with Crippen LogP contribution in [0.15, 0.2) is 22.7 Å². The zero-order valence-corrected chi connectivity index (χ0v) is 9.64. The lowest BCUT2D eigenvalue weighted by atomic mass is 10.2. The van der Waals surface area contributed by atoms with E-state index in [0.29, 0.717) is 22.7 Å². The molecule has 1 aliphatic carbocycles. The van der Waals surface area contributed by atoms with Gasteiger partial charge in [-0.3, -0.25) is 0 Å². The minimum absolute atomic E-state index is 0.0108. The lowest BCUT2D eigenvalue weighted by molar-refractivity contribution is 0.150. The molecule has 1 aliphatic rings. The van der Waals surface area contributed by atoms with E-state index in [4.69, 9.17) is 4.74 Å². The predicted octanol–water partition coefficient (Wildman–Crippen LogP) is 4.18. The molecule has 82 valence electrons. The first kappa shape index (κ1) is 10.9. The lowest BCUT2D eigenvalue weighted by Crippen LogP contribution is -1.99. The number of ether oxygens (including phenoxy) is 1. The maximum absolute atomic E-state index is 12.5. The van der Waals surface area contributed by atoms with Gasteiger partial charge in [0, 0.05) is 10.0 Å². The third-order valence-corrected chi connectivity index (χ3v) is 3.11. The molecule has 4 heteroatoms.